The summed E-state index contributed by atoms with van der Waals surface area (Å²) in [5.41, 5.74) is 1.46. The van der Waals surface area contributed by atoms with Gasteiger partial charge in [-0.2, -0.15) is 0 Å². The van der Waals surface area contributed by atoms with Gasteiger partial charge in [0, 0.05) is 10.7 Å². The van der Waals surface area contributed by atoms with Gasteiger partial charge in [-0.1, -0.05) is 28.1 Å². The Morgan fingerprint density at radius 2 is 2.00 bits per heavy atom. The van der Waals surface area contributed by atoms with Crippen molar-refractivity contribution in [2.24, 2.45) is 0 Å². The molecule has 0 atom stereocenters. The number of ether oxygens (including phenoxy) is 1. The number of anilines is 1. The Balaban J connectivity index is 2.20. The molecule has 1 aromatic heterocycles. The monoisotopic (exact) mass is 336 g/mol. The Morgan fingerprint density at radius 1 is 1.30 bits per heavy atom. The molecule has 4 nitrogen and oxygen atoms in total. The fourth-order valence-electron chi connectivity index (χ4n) is 1.72. The van der Waals surface area contributed by atoms with Crippen LogP contribution in [-0.2, 0) is 10.1 Å². The van der Waals surface area contributed by atoms with Crippen molar-refractivity contribution in [2.75, 3.05) is 5.32 Å². The van der Waals surface area contributed by atoms with Gasteiger partial charge in [0.2, 0.25) is 0 Å². The molecule has 2 rings (SSSR count). The zero-order valence-corrected chi connectivity index (χ0v) is 13.3. The lowest BCUT2D eigenvalue weighted by Crippen LogP contribution is -2.27. The minimum absolute atomic E-state index is 0.485. The van der Waals surface area contributed by atoms with Crippen LogP contribution in [0.3, 0.4) is 0 Å². The average Bonchev–Trinajstić information content (AvgIpc) is 2.35. The number of hydrogen-bond donors (Lipinski definition) is 1. The maximum Gasteiger partial charge on any atom is 0.413 e. The zero-order valence-electron chi connectivity index (χ0n) is 11.7. The highest BCUT2D eigenvalue weighted by atomic mass is 79.9. The maximum atomic E-state index is 11.7. The maximum absolute atomic E-state index is 11.7. The van der Waals surface area contributed by atoms with Gasteiger partial charge in [0.25, 0.3) is 0 Å². The number of pyridine rings is 1. The highest BCUT2D eigenvalue weighted by Crippen LogP contribution is 2.19. The molecule has 0 saturated carbocycles. The second-order valence-corrected chi connectivity index (χ2v) is 6.04. The minimum atomic E-state index is -0.524. The van der Waals surface area contributed by atoms with Gasteiger partial charge in [-0.3, -0.25) is 5.32 Å². The van der Waals surface area contributed by atoms with E-state index in [1.807, 2.05) is 45.0 Å². The number of rotatable bonds is 2. The fraction of sp³-hybridized carbons (Fsp3) is 0.333. The van der Waals surface area contributed by atoms with Gasteiger partial charge in [0.1, 0.15) is 11.4 Å². The van der Waals surface area contributed by atoms with Crippen molar-refractivity contribution in [3.8, 4) is 0 Å². The summed E-state index contributed by atoms with van der Waals surface area (Å²) in [6.07, 6.45) is -0.499. The number of hydrogen-bond acceptors (Lipinski definition) is 3. The number of alkyl halides is 1. The van der Waals surface area contributed by atoms with Crippen LogP contribution in [0.5, 0.6) is 0 Å². The third-order valence-electron chi connectivity index (χ3n) is 2.54. The molecule has 1 aromatic carbocycles. The molecule has 0 bridgehead atoms. The number of aromatic nitrogens is 1. The Bertz CT molecular complexity index is 635. The summed E-state index contributed by atoms with van der Waals surface area (Å²) in [4.78, 5) is 16.1. The van der Waals surface area contributed by atoms with Gasteiger partial charge < -0.3 is 4.74 Å². The molecule has 0 radical (unpaired) electrons. The summed E-state index contributed by atoms with van der Waals surface area (Å²) in [7, 11) is 0. The van der Waals surface area contributed by atoms with Crippen molar-refractivity contribution < 1.29 is 9.53 Å². The molecular formula is C15H17BrN2O2. The Kier molecular flexibility index (Phi) is 4.28. The normalized spacial score (nSPS) is 11.4. The van der Waals surface area contributed by atoms with Crippen molar-refractivity contribution in [1.29, 1.82) is 0 Å². The highest BCUT2D eigenvalue weighted by molar-refractivity contribution is 9.08. The topological polar surface area (TPSA) is 51.2 Å². The van der Waals surface area contributed by atoms with Crippen LogP contribution in [0.25, 0.3) is 10.9 Å². The largest absolute Gasteiger partial charge is 0.444 e. The van der Waals surface area contributed by atoms with Crippen LogP contribution in [0.15, 0.2) is 30.3 Å². The molecule has 0 aliphatic carbocycles. The number of amides is 1. The quantitative estimate of drug-likeness (QED) is 0.822. The van der Waals surface area contributed by atoms with Crippen LogP contribution >= 0.6 is 15.9 Å². The number of carbonyl (C=O) groups excluding carboxylic acids is 1. The Morgan fingerprint density at radius 3 is 2.65 bits per heavy atom. The number of carbonyl (C=O) groups is 1. The van der Waals surface area contributed by atoms with Gasteiger partial charge in [-0.25, -0.2) is 9.78 Å². The van der Waals surface area contributed by atoms with E-state index in [4.69, 9.17) is 4.74 Å². The van der Waals surface area contributed by atoms with Crippen molar-refractivity contribution >= 4 is 38.7 Å². The first-order chi connectivity index (χ1) is 9.37. The molecule has 0 aliphatic heterocycles. The van der Waals surface area contributed by atoms with E-state index in [9.17, 15) is 4.79 Å². The predicted octanol–water partition coefficient (Wildman–Crippen LogP) is 4.48. The summed E-state index contributed by atoms with van der Waals surface area (Å²) < 4.78 is 5.20. The van der Waals surface area contributed by atoms with Crippen LogP contribution in [0, 0.1) is 0 Å². The number of benzene rings is 1. The smallest absolute Gasteiger partial charge is 0.413 e. The first kappa shape index (κ1) is 14.8. The SMILES string of the molecule is CC(C)(C)OC(=O)Nc1ccc2ccc(CBr)cc2n1. The second kappa shape index (κ2) is 5.79. The van der Waals surface area contributed by atoms with E-state index >= 15 is 0 Å². The summed E-state index contributed by atoms with van der Waals surface area (Å²) >= 11 is 3.42. The molecule has 0 unspecified atom stereocenters. The third kappa shape index (κ3) is 3.93. The van der Waals surface area contributed by atoms with E-state index in [2.05, 4.69) is 26.2 Å². The molecule has 0 saturated heterocycles. The van der Waals surface area contributed by atoms with E-state index in [-0.39, 0.29) is 0 Å². The first-order valence-electron chi connectivity index (χ1n) is 6.33. The zero-order chi connectivity index (χ0) is 14.8. The summed E-state index contributed by atoms with van der Waals surface area (Å²) in [6.45, 7) is 5.47. The van der Waals surface area contributed by atoms with Gasteiger partial charge in [-0.05, 0) is 44.5 Å². The molecule has 1 heterocycles. The average molecular weight is 337 g/mol. The fourth-order valence-corrected chi connectivity index (χ4v) is 2.07. The number of nitrogens with zero attached hydrogens (tertiary/aromatic N) is 1. The number of nitrogens with one attached hydrogen (secondary N) is 1. The molecule has 1 N–H and O–H groups in total. The van der Waals surface area contributed by atoms with Gasteiger partial charge in [-0.15, -0.1) is 0 Å². The minimum Gasteiger partial charge on any atom is -0.444 e. The molecule has 1 amide bonds. The van der Waals surface area contributed by atoms with Gasteiger partial charge in [0.15, 0.2) is 0 Å². The lowest BCUT2D eigenvalue weighted by Gasteiger charge is -2.19. The summed E-state index contributed by atoms with van der Waals surface area (Å²) in [5, 5.41) is 4.45. The summed E-state index contributed by atoms with van der Waals surface area (Å²) in [5.74, 6) is 0.485. The van der Waals surface area contributed by atoms with E-state index in [1.165, 1.54) is 0 Å². The van der Waals surface area contributed by atoms with Crippen LogP contribution in [0.4, 0.5) is 10.6 Å². The first-order valence-corrected chi connectivity index (χ1v) is 7.45. The van der Waals surface area contributed by atoms with Crippen molar-refractivity contribution in [3.63, 3.8) is 0 Å². The Hall–Kier alpha value is -1.62. The lowest BCUT2D eigenvalue weighted by atomic mass is 10.1. The standard InChI is InChI=1S/C15H17BrN2O2/c1-15(2,3)20-14(19)18-13-7-6-11-5-4-10(9-16)8-12(11)17-13/h4-8H,9H2,1-3H3,(H,17,18,19). The molecule has 0 spiro atoms. The van der Waals surface area contributed by atoms with Crippen LogP contribution in [0.1, 0.15) is 26.3 Å². The molecular weight excluding hydrogens is 320 g/mol. The Labute approximate surface area is 126 Å². The summed E-state index contributed by atoms with van der Waals surface area (Å²) in [6, 6.07) is 9.73. The van der Waals surface area contributed by atoms with E-state index in [0.717, 1.165) is 21.8 Å². The van der Waals surface area contributed by atoms with Crippen LogP contribution < -0.4 is 5.32 Å². The van der Waals surface area contributed by atoms with E-state index in [0.29, 0.717) is 5.82 Å². The number of halogens is 1. The molecule has 5 heteroatoms. The number of fused-ring (bicyclic) bond motifs is 1. The van der Waals surface area contributed by atoms with E-state index < -0.39 is 11.7 Å². The molecule has 106 valence electrons. The van der Waals surface area contributed by atoms with Crippen molar-refractivity contribution in [1.82, 2.24) is 4.98 Å². The lowest BCUT2D eigenvalue weighted by molar-refractivity contribution is 0.0635. The molecule has 2 aromatic rings. The molecule has 0 aliphatic rings. The predicted molar refractivity (Wildman–Crippen MR) is 84.2 cm³/mol. The van der Waals surface area contributed by atoms with Crippen LogP contribution in [-0.4, -0.2) is 16.7 Å². The van der Waals surface area contributed by atoms with E-state index in [1.54, 1.807) is 6.07 Å². The second-order valence-electron chi connectivity index (χ2n) is 5.48. The molecule has 0 fully saturated rings. The van der Waals surface area contributed by atoms with Gasteiger partial charge >= 0.3 is 6.09 Å². The molecule has 20 heavy (non-hydrogen) atoms. The van der Waals surface area contributed by atoms with Crippen molar-refractivity contribution in [2.45, 2.75) is 31.7 Å². The van der Waals surface area contributed by atoms with Crippen molar-refractivity contribution in [3.05, 3.63) is 35.9 Å². The van der Waals surface area contributed by atoms with Gasteiger partial charge in [0.05, 0.1) is 5.52 Å². The highest BCUT2D eigenvalue weighted by Gasteiger charge is 2.16. The third-order valence-corrected chi connectivity index (χ3v) is 3.19. The van der Waals surface area contributed by atoms with Crippen LogP contribution in [0.2, 0.25) is 0 Å².